The predicted octanol–water partition coefficient (Wildman–Crippen LogP) is 0.911. The molecule has 0 aromatic heterocycles. The van der Waals surface area contributed by atoms with E-state index in [1.54, 1.807) is 18.2 Å². The van der Waals surface area contributed by atoms with E-state index in [0.717, 1.165) is 11.8 Å². The molecule has 3 N–H and O–H groups in total. The Kier molecular flexibility index (Phi) is 3.45. The van der Waals surface area contributed by atoms with Gasteiger partial charge in [0, 0.05) is 11.1 Å². The van der Waals surface area contributed by atoms with Crippen molar-refractivity contribution in [1.82, 2.24) is 0 Å². The molecule has 0 saturated heterocycles. The van der Waals surface area contributed by atoms with Crippen molar-refractivity contribution in [2.24, 2.45) is 5.73 Å². The molecule has 0 atom stereocenters. The Bertz CT molecular complexity index is 413. The molecule has 0 aliphatic rings. The number of rotatable bonds is 2. The lowest BCUT2D eigenvalue weighted by molar-refractivity contribution is -0.107. The first-order chi connectivity index (χ1) is 6.74. The minimum absolute atomic E-state index is 0.0176. The summed E-state index contributed by atoms with van der Waals surface area (Å²) in [6, 6.07) is 7.05. The summed E-state index contributed by atoms with van der Waals surface area (Å²) in [5.41, 5.74) is 6.72. The van der Waals surface area contributed by atoms with Gasteiger partial charge in [0.15, 0.2) is 0 Å². The summed E-state index contributed by atoms with van der Waals surface area (Å²) in [6.07, 6.45) is 0.978. The Morgan fingerprint density at radius 3 is 3.00 bits per heavy atom. The minimum atomic E-state index is 0.0176. The van der Waals surface area contributed by atoms with Gasteiger partial charge in [-0.1, -0.05) is 24.0 Å². The first kappa shape index (κ1) is 10.0. The fraction of sp³-hybridized carbons (Fsp3) is 0.0909. The summed E-state index contributed by atoms with van der Waals surface area (Å²) in [6.45, 7) is 0. The third-order valence-corrected chi connectivity index (χ3v) is 1.59. The van der Waals surface area contributed by atoms with E-state index in [9.17, 15) is 4.79 Å². The molecule has 0 aliphatic heterocycles. The van der Waals surface area contributed by atoms with Crippen molar-refractivity contribution in [3.05, 3.63) is 35.4 Å². The van der Waals surface area contributed by atoms with Gasteiger partial charge >= 0.3 is 0 Å². The number of aldehydes is 1. The van der Waals surface area contributed by atoms with E-state index in [-0.39, 0.29) is 12.3 Å². The molecule has 0 radical (unpaired) electrons. The first-order valence-corrected chi connectivity index (χ1v) is 4.11. The SMILES string of the molecule is N=C(N)c1cccc(C#CCC=O)c1. The van der Waals surface area contributed by atoms with Gasteiger partial charge in [0.25, 0.3) is 0 Å². The van der Waals surface area contributed by atoms with E-state index in [1.807, 2.05) is 6.07 Å². The van der Waals surface area contributed by atoms with Crippen LogP contribution < -0.4 is 5.73 Å². The molecule has 0 spiro atoms. The quantitative estimate of drug-likeness (QED) is 0.312. The first-order valence-electron chi connectivity index (χ1n) is 4.11. The zero-order chi connectivity index (χ0) is 10.4. The second-order valence-electron chi connectivity index (χ2n) is 2.67. The van der Waals surface area contributed by atoms with Gasteiger partial charge in [-0.3, -0.25) is 5.41 Å². The number of carbonyl (C=O) groups is 1. The Morgan fingerprint density at radius 2 is 2.36 bits per heavy atom. The summed E-state index contributed by atoms with van der Waals surface area (Å²) in [5, 5.41) is 7.22. The predicted molar refractivity (Wildman–Crippen MR) is 55.0 cm³/mol. The highest BCUT2D eigenvalue weighted by atomic mass is 16.1. The van der Waals surface area contributed by atoms with E-state index >= 15 is 0 Å². The molecule has 0 aliphatic carbocycles. The Labute approximate surface area is 82.4 Å². The number of hydrogen-bond acceptors (Lipinski definition) is 2. The Morgan fingerprint density at radius 1 is 1.57 bits per heavy atom. The highest BCUT2D eigenvalue weighted by Gasteiger charge is 1.95. The zero-order valence-corrected chi connectivity index (χ0v) is 7.58. The number of nitrogens with two attached hydrogens (primary N) is 1. The van der Waals surface area contributed by atoms with Gasteiger partial charge in [0.1, 0.15) is 12.1 Å². The van der Waals surface area contributed by atoms with Gasteiger partial charge in [-0.05, 0) is 12.1 Å². The van der Waals surface area contributed by atoms with Crippen LogP contribution in [0.2, 0.25) is 0 Å². The van der Waals surface area contributed by atoms with E-state index in [1.165, 1.54) is 0 Å². The molecule has 0 amide bonds. The summed E-state index contributed by atoms with van der Waals surface area (Å²) in [5.74, 6) is 5.51. The van der Waals surface area contributed by atoms with E-state index in [4.69, 9.17) is 11.1 Å². The fourth-order valence-corrected chi connectivity index (χ4v) is 0.959. The Balaban J connectivity index is 2.90. The molecule has 0 bridgehead atoms. The van der Waals surface area contributed by atoms with E-state index < -0.39 is 0 Å². The lowest BCUT2D eigenvalue weighted by Gasteiger charge is -1.97. The van der Waals surface area contributed by atoms with Crippen molar-refractivity contribution in [3.8, 4) is 11.8 Å². The number of amidine groups is 1. The minimum Gasteiger partial charge on any atom is -0.384 e. The van der Waals surface area contributed by atoms with Gasteiger partial charge in [0.05, 0.1) is 6.42 Å². The van der Waals surface area contributed by atoms with Crippen molar-refractivity contribution in [1.29, 1.82) is 5.41 Å². The van der Waals surface area contributed by atoms with Crippen LogP contribution in [0, 0.1) is 17.3 Å². The molecule has 0 fully saturated rings. The molecule has 1 aromatic carbocycles. The van der Waals surface area contributed by atoms with Crippen LogP contribution in [0.1, 0.15) is 17.5 Å². The maximum Gasteiger partial charge on any atom is 0.131 e. The number of benzene rings is 1. The van der Waals surface area contributed by atoms with Gasteiger partial charge in [-0.25, -0.2) is 0 Å². The van der Waals surface area contributed by atoms with Gasteiger partial charge in [0.2, 0.25) is 0 Å². The second kappa shape index (κ2) is 4.83. The van der Waals surface area contributed by atoms with Gasteiger partial charge < -0.3 is 10.5 Å². The van der Waals surface area contributed by atoms with Gasteiger partial charge in [-0.15, -0.1) is 0 Å². The van der Waals surface area contributed by atoms with E-state index in [0.29, 0.717) is 5.56 Å². The van der Waals surface area contributed by atoms with Crippen LogP contribution in [-0.4, -0.2) is 12.1 Å². The van der Waals surface area contributed by atoms with Crippen molar-refractivity contribution in [3.63, 3.8) is 0 Å². The standard InChI is InChI=1S/C11H10N2O/c12-11(13)10-6-3-5-9(8-10)4-1-2-7-14/h3,5-8H,2H2,(H3,12,13). The molecular weight excluding hydrogens is 176 g/mol. The van der Waals surface area contributed by atoms with Crippen LogP contribution in [-0.2, 0) is 4.79 Å². The van der Waals surface area contributed by atoms with Gasteiger partial charge in [-0.2, -0.15) is 0 Å². The number of hydrogen-bond donors (Lipinski definition) is 2. The largest absolute Gasteiger partial charge is 0.384 e. The monoisotopic (exact) mass is 186 g/mol. The highest BCUT2D eigenvalue weighted by Crippen LogP contribution is 2.02. The van der Waals surface area contributed by atoms with Crippen LogP contribution in [0.3, 0.4) is 0 Å². The van der Waals surface area contributed by atoms with Crippen molar-refractivity contribution in [2.75, 3.05) is 0 Å². The molecule has 1 rings (SSSR count). The van der Waals surface area contributed by atoms with E-state index in [2.05, 4.69) is 11.8 Å². The molecule has 70 valence electrons. The third kappa shape index (κ3) is 2.76. The topological polar surface area (TPSA) is 66.9 Å². The third-order valence-electron chi connectivity index (χ3n) is 1.59. The number of carbonyl (C=O) groups excluding carboxylic acids is 1. The highest BCUT2D eigenvalue weighted by molar-refractivity contribution is 5.95. The lowest BCUT2D eigenvalue weighted by atomic mass is 10.1. The van der Waals surface area contributed by atoms with Crippen molar-refractivity contribution < 1.29 is 4.79 Å². The van der Waals surface area contributed by atoms with Crippen LogP contribution >= 0.6 is 0 Å². The molecule has 3 heteroatoms. The summed E-state index contributed by atoms with van der Waals surface area (Å²) in [7, 11) is 0. The molecule has 0 unspecified atom stereocenters. The second-order valence-corrected chi connectivity index (χ2v) is 2.67. The maximum atomic E-state index is 10.0. The number of nitrogens with one attached hydrogen (secondary N) is 1. The smallest absolute Gasteiger partial charge is 0.131 e. The molecule has 1 aromatic rings. The summed E-state index contributed by atoms with van der Waals surface area (Å²) >= 11 is 0. The van der Waals surface area contributed by atoms with Crippen LogP contribution in [0.5, 0.6) is 0 Å². The van der Waals surface area contributed by atoms with Crippen molar-refractivity contribution >= 4 is 12.1 Å². The Hall–Kier alpha value is -2.08. The molecular formula is C11H10N2O. The van der Waals surface area contributed by atoms with Crippen LogP contribution in [0.25, 0.3) is 0 Å². The summed E-state index contributed by atoms with van der Waals surface area (Å²) < 4.78 is 0. The molecule has 3 nitrogen and oxygen atoms in total. The number of nitrogen functional groups attached to an aromatic ring is 1. The van der Waals surface area contributed by atoms with Crippen molar-refractivity contribution in [2.45, 2.75) is 6.42 Å². The average Bonchev–Trinajstić information content (AvgIpc) is 2.19. The van der Waals surface area contributed by atoms with Crippen LogP contribution in [0.15, 0.2) is 24.3 Å². The molecule has 0 heterocycles. The zero-order valence-electron chi connectivity index (χ0n) is 7.58. The normalized spacial score (nSPS) is 8.57. The molecule has 14 heavy (non-hydrogen) atoms. The molecule has 0 saturated carbocycles. The summed E-state index contributed by atoms with van der Waals surface area (Å²) in [4.78, 5) is 10.0. The maximum absolute atomic E-state index is 10.0. The average molecular weight is 186 g/mol. The lowest BCUT2D eigenvalue weighted by Crippen LogP contribution is -2.10. The fourth-order valence-electron chi connectivity index (χ4n) is 0.959. The van der Waals surface area contributed by atoms with Crippen LogP contribution in [0.4, 0.5) is 0 Å².